The Morgan fingerprint density at radius 1 is 1.40 bits per heavy atom. The van der Waals surface area contributed by atoms with Crippen molar-refractivity contribution < 1.29 is 0 Å². The van der Waals surface area contributed by atoms with Crippen LogP contribution in [0.5, 0.6) is 0 Å². The number of hydrogen-bond acceptors (Lipinski definition) is 5. The number of anilines is 1. The van der Waals surface area contributed by atoms with Crippen molar-refractivity contribution in [3.63, 3.8) is 0 Å². The van der Waals surface area contributed by atoms with Gasteiger partial charge in [0.1, 0.15) is 16.8 Å². The first kappa shape index (κ1) is 9.62. The first-order valence-corrected chi connectivity index (χ1v) is 5.19. The number of hydrogen-bond donors (Lipinski definition) is 1. The molecule has 0 aliphatic heterocycles. The molecule has 0 spiro atoms. The van der Waals surface area contributed by atoms with Crippen LogP contribution >= 0.6 is 11.3 Å². The SMILES string of the molecule is N#Cc1ccc(CNc2cnccn2)s1. The fourth-order valence-electron chi connectivity index (χ4n) is 1.10. The van der Waals surface area contributed by atoms with Gasteiger partial charge in [0.15, 0.2) is 0 Å². The Morgan fingerprint density at radius 2 is 2.33 bits per heavy atom. The molecule has 0 radical (unpaired) electrons. The van der Waals surface area contributed by atoms with E-state index in [2.05, 4.69) is 21.4 Å². The lowest BCUT2D eigenvalue weighted by atomic mass is 10.4. The van der Waals surface area contributed by atoms with Crippen molar-refractivity contribution in [1.82, 2.24) is 9.97 Å². The molecule has 0 aliphatic rings. The standard InChI is InChI=1S/C10H8N4S/c11-5-8-1-2-9(15-8)6-14-10-7-12-3-4-13-10/h1-4,7H,6H2,(H,13,14). The quantitative estimate of drug-likeness (QED) is 0.852. The molecule has 74 valence electrons. The molecule has 0 fully saturated rings. The van der Waals surface area contributed by atoms with Crippen LogP contribution in [0.25, 0.3) is 0 Å². The summed E-state index contributed by atoms with van der Waals surface area (Å²) < 4.78 is 0. The number of aromatic nitrogens is 2. The van der Waals surface area contributed by atoms with Crippen molar-refractivity contribution in [2.24, 2.45) is 0 Å². The zero-order valence-electron chi connectivity index (χ0n) is 7.84. The number of nitrogens with zero attached hydrogens (tertiary/aromatic N) is 3. The number of thiophene rings is 1. The Labute approximate surface area is 91.2 Å². The predicted molar refractivity (Wildman–Crippen MR) is 58.4 cm³/mol. The van der Waals surface area contributed by atoms with E-state index in [9.17, 15) is 0 Å². The zero-order chi connectivity index (χ0) is 10.5. The Bertz CT molecular complexity index is 472. The molecule has 0 atom stereocenters. The Morgan fingerprint density at radius 3 is 3.00 bits per heavy atom. The number of nitriles is 1. The van der Waals surface area contributed by atoms with E-state index in [1.165, 1.54) is 11.3 Å². The van der Waals surface area contributed by atoms with Gasteiger partial charge in [0.05, 0.1) is 12.7 Å². The van der Waals surface area contributed by atoms with Crippen LogP contribution < -0.4 is 5.32 Å². The van der Waals surface area contributed by atoms with Gasteiger partial charge in [-0.2, -0.15) is 5.26 Å². The third-order valence-corrected chi connectivity index (χ3v) is 2.77. The molecule has 0 aromatic carbocycles. The summed E-state index contributed by atoms with van der Waals surface area (Å²) in [5, 5.41) is 11.8. The lowest BCUT2D eigenvalue weighted by Crippen LogP contribution is -1.99. The lowest BCUT2D eigenvalue weighted by Gasteiger charge is -2.01. The van der Waals surface area contributed by atoms with Crippen LogP contribution in [0.2, 0.25) is 0 Å². The second-order valence-electron chi connectivity index (χ2n) is 2.82. The van der Waals surface area contributed by atoms with Crippen LogP contribution in [0.3, 0.4) is 0 Å². The molecular formula is C10H8N4S. The van der Waals surface area contributed by atoms with E-state index in [4.69, 9.17) is 5.26 Å². The van der Waals surface area contributed by atoms with Gasteiger partial charge < -0.3 is 5.32 Å². The third-order valence-electron chi connectivity index (χ3n) is 1.78. The highest BCUT2D eigenvalue weighted by atomic mass is 32.1. The minimum Gasteiger partial charge on any atom is -0.364 e. The molecule has 2 heterocycles. The highest BCUT2D eigenvalue weighted by Gasteiger charge is 1.99. The minimum absolute atomic E-state index is 0.672. The van der Waals surface area contributed by atoms with Crippen LogP contribution in [0.15, 0.2) is 30.7 Å². The molecule has 2 aromatic rings. The molecule has 0 saturated carbocycles. The monoisotopic (exact) mass is 216 g/mol. The third kappa shape index (κ3) is 2.51. The Hall–Kier alpha value is -1.93. The second kappa shape index (κ2) is 4.53. The highest BCUT2D eigenvalue weighted by Crippen LogP contribution is 2.16. The summed E-state index contributed by atoms with van der Waals surface area (Å²) >= 11 is 1.48. The van der Waals surface area contributed by atoms with E-state index in [1.54, 1.807) is 18.6 Å². The normalized spacial score (nSPS) is 9.53. The van der Waals surface area contributed by atoms with Gasteiger partial charge in [-0.25, -0.2) is 4.98 Å². The average molecular weight is 216 g/mol. The smallest absolute Gasteiger partial charge is 0.144 e. The number of nitrogens with one attached hydrogen (secondary N) is 1. The maximum atomic E-state index is 8.65. The van der Waals surface area contributed by atoms with Gasteiger partial charge >= 0.3 is 0 Å². The van der Waals surface area contributed by atoms with E-state index >= 15 is 0 Å². The Kier molecular flexibility index (Phi) is 2.90. The van der Waals surface area contributed by atoms with E-state index in [1.807, 2.05) is 12.1 Å². The fourth-order valence-corrected chi connectivity index (χ4v) is 1.85. The van der Waals surface area contributed by atoms with Crippen molar-refractivity contribution in [2.45, 2.75) is 6.54 Å². The summed E-state index contributed by atoms with van der Waals surface area (Å²) in [5.74, 6) is 0.740. The fraction of sp³-hybridized carbons (Fsp3) is 0.100. The molecule has 0 amide bonds. The van der Waals surface area contributed by atoms with Crippen LogP contribution in [-0.2, 0) is 6.54 Å². The summed E-state index contributed by atoms with van der Waals surface area (Å²) in [6.07, 6.45) is 4.93. The van der Waals surface area contributed by atoms with Gasteiger partial charge in [-0.05, 0) is 12.1 Å². The Balaban J connectivity index is 1.97. The molecule has 15 heavy (non-hydrogen) atoms. The molecule has 0 unspecified atom stereocenters. The lowest BCUT2D eigenvalue weighted by molar-refractivity contribution is 1.11. The van der Waals surface area contributed by atoms with Gasteiger partial charge in [-0.3, -0.25) is 4.98 Å². The van der Waals surface area contributed by atoms with Crippen molar-refractivity contribution in [1.29, 1.82) is 5.26 Å². The van der Waals surface area contributed by atoms with Crippen LogP contribution in [0.4, 0.5) is 5.82 Å². The van der Waals surface area contributed by atoms with E-state index in [0.717, 1.165) is 15.6 Å². The highest BCUT2D eigenvalue weighted by molar-refractivity contribution is 7.12. The molecular weight excluding hydrogens is 208 g/mol. The van der Waals surface area contributed by atoms with Gasteiger partial charge in [0.25, 0.3) is 0 Å². The second-order valence-corrected chi connectivity index (χ2v) is 3.99. The molecule has 0 bridgehead atoms. The molecule has 5 heteroatoms. The summed E-state index contributed by atoms with van der Waals surface area (Å²) in [5.41, 5.74) is 0. The average Bonchev–Trinajstić information content (AvgIpc) is 2.76. The van der Waals surface area contributed by atoms with Gasteiger partial charge in [-0.1, -0.05) is 0 Å². The van der Waals surface area contributed by atoms with Gasteiger partial charge in [-0.15, -0.1) is 11.3 Å². The topological polar surface area (TPSA) is 61.6 Å². The van der Waals surface area contributed by atoms with Gasteiger partial charge in [0, 0.05) is 17.3 Å². The van der Waals surface area contributed by atoms with Crippen LogP contribution in [-0.4, -0.2) is 9.97 Å². The zero-order valence-corrected chi connectivity index (χ0v) is 8.66. The van der Waals surface area contributed by atoms with Crippen molar-refractivity contribution in [2.75, 3.05) is 5.32 Å². The maximum Gasteiger partial charge on any atom is 0.144 e. The summed E-state index contributed by atoms with van der Waals surface area (Å²) in [4.78, 5) is 9.87. The largest absolute Gasteiger partial charge is 0.364 e. The first-order valence-electron chi connectivity index (χ1n) is 4.37. The maximum absolute atomic E-state index is 8.65. The van der Waals surface area contributed by atoms with Crippen LogP contribution in [0.1, 0.15) is 9.75 Å². The molecule has 0 aliphatic carbocycles. The summed E-state index contributed by atoms with van der Waals surface area (Å²) in [7, 11) is 0. The van der Waals surface area contributed by atoms with Crippen molar-refractivity contribution in [3.8, 4) is 6.07 Å². The molecule has 0 saturated heterocycles. The van der Waals surface area contributed by atoms with E-state index < -0.39 is 0 Å². The molecule has 2 rings (SSSR count). The van der Waals surface area contributed by atoms with E-state index in [-0.39, 0.29) is 0 Å². The molecule has 4 nitrogen and oxygen atoms in total. The van der Waals surface area contributed by atoms with Crippen molar-refractivity contribution in [3.05, 3.63) is 40.5 Å². The minimum atomic E-state index is 0.672. The summed E-state index contributed by atoms with van der Waals surface area (Å²) in [6, 6.07) is 5.86. The van der Waals surface area contributed by atoms with Crippen LogP contribution in [0, 0.1) is 11.3 Å². The summed E-state index contributed by atoms with van der Waals surface area (Å²) in [6.45, 7) is 0.672. The van der Waals surface area contributed by atoms with E-state index in [0.29, 0.717) is 6.54 Å². The predicted octanol–water partition coefficient (Wildman–Crippen LogP) is 2.02. The molecule has 2 aromatic heterocycles. The first-order chi connectivity index (χ1) is 7.38. The molecule has 1 N–H and O–H groups in total. The van der Waals surface area contributed by atoms with Gasteiger partial charge in [0.2, 0.25) is 0 Å². The van der Waals surface area contributed by atoms with Crippen molar-refractivity contribution >= 4 is 17.2 Å². The number of rotatable bonds is 3.